The Balaban J connectivity index is 3.92. The van der Waals surface area contributed by atoms with Gasteiger partial charge in [-0.3, -0.25) is 4.79 Å². The third-order valence-corrected chi connectivity index (χ3v) is 3.87. The summed E-state index contributed by atoms with van der Waals surface area (Å²) in [6, 6.07) is 0. The van der Waals surface area contributed by atoms with Gasteiger partial charge in [0.05, 0.1) is 0 Å². The Labute approximate surface area is 127 Å². The standard InChI is InChI=1S/C18H37NO/c1-5-7-9-11-13-15-19(18(20)17(3)4)16-14-12-10-8-6-2/h17H,5-16H2,1-4H3. The molecule has 0 atom stereocenters. The minimum Gasteiger partial charge on any atom is -0.342 e. The molecule has 0 heterocycles. The van der Waals surface area contributed by atoms with Crippen molar-refractivity contribution in [1.82, 2.24) is 4.90 Å². The van der Waals surface area contributed by atoms with Crippen LogP contribution in [0.2, 0.25) is 0 Å². The highest BCUT2D eigenvalue weighted by molar-refractivity contribution is 5.78. The molecule has 0 aliphatic heterocycles. The van der Waals surface area contributed by atoms with Gasteiger partial charge in [0.25, 0.3) is 0 Å². The van der Waals surface area contributed by atoms with E-state index < -0.39 is 0 Å². The summed E-state index contributed by atoms with van der Waals surface area (Å²) in [5.74, 6) is 0.484. The van der Waals surface area contributed by atoms with E-state index in [0.29, 0.717) is 5.91 Å². The van der Waals surface area contributed by atoms with Crippen molar-refractivity contribution >= 4 is 5.91 Å². The van der Waals surface area contributed by atoms with E-state index in [1.165, 1.54) is 64.2 Å². The second-order valence-corrected chi connectivity index (χ2v) is 6.31. The molecular formula is C18H37NO. The molecule has 0 spiro atoms. The minimum absolute atomic E-state index is 0.140. The maximum atomic E-state index is 12.2. The predicted octanol–water partition coefficient (Wildman–Crippen LogP) is 5.41. The van der Waals surface area contributed by atoms with E-state index in [4.69, 9.17) is 0 Å². The number of unbranched alkanes of at least 4 members (excludes halogenated alkanes) is 8. The second-order valence-electron chi connectivity index (χ2n) is 6.31. The second kappa shape index (κ2) is 13.5. The van der Waals surface area contributed by atoms with Gasteiger partial charge in [-0.15, -0.1) is 0 Å². The van der Waals surface area contributed by atoms with Crippen molar-refractivity contribution in [3.8, 4) is 0 Å². The van der Waals surface area contributed by atoms with E-state index in [2.05, 4.69) is 18.7 Å². The van der Waals surface area contributed by atoms with E-state index in [0.717, 1.165) is 13.1 Å². The first-order chi connectivity index (χ1) is 9.63. The first-order valence-electron chi connectivity index (χ1n) is 8.92. The molecule has 1 amide bonds. The highest BCUT2D eigenvalue weighted by atomic mass is 16.2. The molecule has 0 unspecified atom stereocenters. The van der Waals surface area contributed by atoms with Crippen molar-refractivity contribution in [3.63, 3.8) is 0 Å². The van der Waals surface area contributed by atoms with Gasteiger partial charge in [-0.2, -0.15) is 0 Å². The van der Waals surface area contributed by atoms with Crippen LogP contribution in [0.3, 0.4) is 0 Å². The molecule has 0 aromatic rings. The minimum atomic E-state index is 0.140. The predicted molar refractivity (Wildman–Crippen MR) is 88.9 cm³/mol. The lowest BCUT2D eigenvalue weighted by molar-refractivity contribution is -0.134. The molecule has 20 heavy (non-hydrogen) atoms. The van der Waals surface area contributed by atoms with Gasteiger partial charge in [0.1, 0.15) is 0 Å². The van der Waals surface area contributed by atoms with Crippen molar-refractivity contribution in [2.45, 2.75) is 91.9 Å². The molecule has 2 nitrogen and oxygen atoms in total. The molecular weight excluding hydrogens is 246 g/mol. The normalized spacial score (nSPS) is 11.1. The third-order valence-electron chi connectivity index (χ3n) is 3.87. The van der Waals surface area contributed by atoms with Crippen LogP contribution < -0.4 is 0 Å². The molecule has 0 fully saturated rings. The number of carbonyl (C=O) groups is 1. The van der Waals surface area contributed by atoms with E-state index in [-0.39, 0.29) is 5.92 Å². The van der Waals surface area contributed by atoms with Gasteiger partial charge in [-0.1, -0.05) is 79.1 Å². The van der Waals surface area contributed by atoms with Crippen LogP contribution in [0, 0.1) is 5.92 Å². The summed E-state index contributed by atoms with van der Waals surface area (Å²) in [6.07, 6.45) is 12.7. The van der Waals surface area contributed by atoms with Crippen LogP contribution in [0.1, 0.15) is 91.9 Å². The lowest BCUT2D eigenvalue weighted by atomic mass is 10.1. The number of nitrogens with zero attached hydrogens (tertiary/aromatic N) is 1. The Morgan fingerprint density at radius 2 is 1.15 bits per heavy atom. The quantitative estimate of drug-likeness (QED) is 0.414. The van der Waals surface area contributed by atoms with Crippen molar-refractivity contribution in [1.29, 1.82) is 0 Å². The summed E-state index contributed by atoms with van der Waals surface area (Å²) in [7, 11) is 0. The molecule has 0 aliphatic rings. The zero-order valence-electron chi connectivity index (χ0n) is 14.4. The largest absolute Gasteiger partial charge is 0.342 e. The highest BCUT2D eigenvalue weighted by Gasteiger charge is 2.15. The van der Waals surface area contributed by atoms with Crippen LogP contribution in [0.15, 0.2) is 0 Å². The molecule has 0 N–H and O–H groups in total. The zero-order chi connectivity index (χ0) is 15.2. The molecule has 0 aromatic heterocycles. The van der Waals surface area contributed by atoms with Gasteiger partial charge in [0, 0.05) is 19.0 Å². The average molecular weight is 284 g/mol. The molecule has 2 heteroatoms. The van der Waals surface area contributed by atoms with E-state index in [1.807, 2.05) is 13.8 Å². The molecule has 0 aromatic carbocycles. The average Bonchev–Trinajstić information content (AvgIpc) is 2.43. The monoisotopic (exact) mass is 283 g/mol. The van der Waals surface area contributed by atoms with Crippen LogP contribution in [0.4, 0.5) is 0 Å². The van der Waals surface area contributed by atoms with E-state index in [1.54, 1.807) is 0 Å². The summed E-state index contributed by atoms with van der Waals surface area (Å²) in [4.78, 5) is 14.3. The van der Waals surface area contributed by atoms with Crippen molar-refractivity contribution < 1.29 is 4.79 Å². The summed E-state index contributed by atoms with van der Waals surface area (Å²) >= 11 is 0. The number of rotatable bonds is 13. The number of hydrogen-bond donors (Lipinski definition) is 0. The fraction of sp³-hybridized carbons (Fsp3) is 0.944. The maximum absolute atomic E-state index is 12.2. The number of carbonyl (C=O) groups excluding carboxylic acids is 1. The van der Waals surface area contributed by atoms with Crippen LogP contribution >= 0.6 is 0 Å². The maximum Gasteiger partial charge on any atom is 0.225 e. The molecule has 0 aliphatic carbocycles. The van der Waals surface area contributed by atoms with Gasteiger partial charge >= 0.3 is 0 Å². The Hall–Kier alpha value is -0.530. The summed E-state index contributed by atoms with van der Waals surface area (Å²) in [5.41, 5.74) is 0. The number of amides is 1. The molecule has 0 saturated heterocycles. The fourth-order valence-electron chi connectivity index (χ4n) is 2.51. The van der Waals surface area contributed by atoms with Gasteiger partial charge in [0.2, 0.25) is 5.91 Å². The lowest BCUT2D eigenvalue weighted by Gasteiger charge is -2.24. The molecule has 0 bridgehead atoms. The van der Waals surface area contributed by atoms with Crippen LogP contribution in [0.25, 0.3) is 0 Å². The van der Waals surface area contributed by atoms with Crippen LogP contribution in [-0.4, -0.2) is 23.9 Å². The van der Waals surface area contributed by atoms with Crippen molar-refractivity contribution in [2.75, 3.05) is 13.1 Å². The van der Waals surface area contributed by atoms with Gasteiger partial charge in [-0.25, -0.2) is 0 Å². The Kier molecular flexibility index (Phi) is 13.1. The topological polar surface area (TPSA) is 20.3 Å². The molecule has 0 saturated carbocycles. The Morgan fingerprint density at radius 1 is 0.750 bits per heavy atom. The van der Waals surface area contributed by atoms with Crippen LogP contribution in [0.5, 0.6) is 0 Å². The molecule has 0 radical (unpaired) electrons. The summed E-state index contributed by atoms with van der Waals surface area (Å²) in [5, 5.41) is 0. The first-order valence-corrected chi connectivity index (χ1v) is 8.92. The Morgan fingerprint density at radius 3 is 1.50 bits per heavy atom. The van der Waals surface area contributed by atoms with Gasteiger partial charge in [0.15, 0.2) is 0 Å². The highest BCUT2D eigenvalue weighted by Crippen LogP contribution is 2.10. The van der Waals surface area contributed by atoms with E-state index >= 15 is 0 Å². The number of hydrogen-bond acceptors (Lipinski definition) is 1. The van der Waals surface area contributed by atoms with Crippen molar-refractivity contribution in [3.05, 3.63) is 0 Å². The van der Waals surface area contributed by atoms with Gasteiger partial charge in [-0.05, 0) is 12.8 Å². The first kappa shape index (κ1) is 19.5. The van der Waals surface area contributed by atoms with Crippen LogP contribution in [-0.2, 0) is 4.79 Å². The Bertz CT molecular complexity index is 211. The SMILES string of the molecule is CCCCCCCN(CCCCCCC)C(=O)C(C)C. The molecule has 120 valence electrons. The lowest BCUT2D eigenvalue weighted by Crippen LogP contribution is -2.35. The van der Waals surface area contributed by atoms with E-state index in [9.17, 15) is 4.79 Å². The van der Waals surface area contributed by atoms with Crippen molar-refractivity contribution in [2.24, 2.45) is 5.92 Å². The molecule has 0 rings (SSSR count). The third kappa shape index (κ3) is 10.3. The smallest absolute Gasteiger partial charge is 0.225 e. The summed E-state index contributed by atoms with van der Waals surface area (Å²) in [6.45, 7) is 10.5. The van der Waals surface area contributed by atoms with Gasteiger partial charge < -0.3 is 4.90 Å². The fourth-order valence-corrected chi connectivity index (χ4v) is 2.51. The summed E-state index contributed by atoms with van der Waals surface area (Å²) < 4.78 is 0. The zero-order valence-corrected chi connectivity index (χ0v) is 14.4.